The van der Waals surface area contributed by atoms with Gasteiger partial charge in [-0.05, 0) is 30.7 Å². The first-order valence-corrected chi connectivity index (χ1v) is 30.0. The van der Waals surface area contributed by atoms with E-state index in [4.69, 9.17) is 5.73 Å². The SMILES string of the molecule is Cn1cc(NC(=O)c2c(O)c(NC(=O)c3nc(NC(=O)c4nccn4C)cn3C)cn2C)cc1C(=O)NCCCC(=O)Nc1cn(C)c(C(=O)Nc2cc(C(=O)Nc3cc(C(=O)Nc4cc(C(=O)NCCC(=O)NCCC[NH-])n(C)c4)n(C)c3)n(C)c2)n1.[Cl][Pt].[NH2-].[NH2-]. The van der Waals surface area contributed by atoms with Crippen molar-refractivity contribution >= 4 is 109 Å². The zero-order valence-corrected chi connectivity index (χ0v) is 54.0. The summed E-state index contributed by atoms with van der Waals surface area (Å²) in [5.74, 6) is -5.86. The second kappa shape index (κ2) is 32.2. The van der Waals surface area contributed by atoms with Gasteiger partial charge in [0.05, 0.1) is 22.7 Å². The molecule has 495 valence electrons. The fourth-order valence-corrected chi connectivity index (χ4v) is 9.12. The van der Waals surface area contributed by atoms with Crippen molar-refractivity contribution in [3.63, 3.8) is 0 Å². The topological polar surface area (TPSA) is 480 Å². The average Bonchev–Trinajstić information content (AvgIpc) is 1.72. The van der Waals surface area contributed by atoms with E-state index >= 15 is 0 Å². The van der Waals surface area contributed by atoms with Crippen LogP contribution >= 0.6 is 9.42 Å². The van der Waals surface area contributed by atoms with Crippen LogP contribution in [0.25, 0.3) is 18.0 Å². The number of imidazole rings is 3. The Morgan fingerprint density at radius 2 is 0.870 bits per heavy atom. The van der Waals surface area contributed by atoms with Crippen molar-refractivity contribution in [2.45, 2.75) is 25.7 Å². The summed E-state index contributed by atoms with van der Waals surface area (Å²) in [4.78, 5) is 143. The van der Waals surface area contributed by atoms with Crippen LogP contribution in [0.1, 0.15) is 110 Å². The van der Waals surface area contributed by atoms with Crippen LogP contribution in [-0.4, -0.2) is 142 Å². The average molecular weight is 1470 g/mol. The molecule has 0 saturated heterocycles. The number of carbonyl (C=O) groups is 10. The first-order chi connectivity index (χ1) is 42.9. The van der Waals surface area contributed by atoms with E-state index in [1.807, 2.05) is 0 Å². The molecule has 0 aliphatic carbocycles. The number of aromatic nitrogens is 11. The maximum Gasteiger partial charge on any atom is -0.693 e. The van der Waals surface area contributed by atoms with Crippen molar-refractivity contribution in [3.05, 3.63) is 144 Å². The van der Waals surface area contributed by atoms with Crippen LogP contribution in [-0.2, 0) is 84.7 Å². The third kappa shape index (κ3) is 17.8. The molecule has 0 unspecified atom stereocenters. The van der Waals surface area contributed by atoms with E-state index < -0.39 is 58.9 Å². The number of amides is 10. The molecule has 0 radical (unpaired) electrons. The molecule has 8 aromatic rings. The first-order valence-electron chi connectivity index (χ1n) is 27.2. The molecular weight excluding hydrogens is 1400 g/mol. The number of hydrogen-bond acceptors (Lipinski definition) is 14. The largest absolute Gasteiger partial charge is 0.693 e. The minimum atomic E-state index is -0.761. The maximum atomic E-state index is 13.5. The number of halogens is 1. The van der Waals surface area contributed by atoms with E-state index in [-0.39, 0.29) is 132 Å². The van der Waals surface area contributed by atoms with E-state index in [1.54, 1.807) is 73.5 Å². The summed E-state index contributed by atoms with van der Waals surface area (Å²) in [5.41, 5.74) is 8.68. The molecule has 16 N–H and O–H groups in total. The fourth-order valence-electron chi connectivity index (χ4n) is 9.12. The minimum Gasteiger partial charge on any atom is -0.693 e. The van der Waals surface area contributed by atoms with Gasteiger partial charge in [-0.3, -0.25) is 47.9 Å². The summed E-state index contributed by atoms with van der Waals surface area (Å²) in [6.45, 7) is 0.772. The van der Waals surface area contributed by atoms with Crippen molar-refractivity contribution in [2.24, 2.45) is 56.4 Å². The van der Waals surface area contributed by atoms with Gasteiger partial charge in [0, 0.05) is 145 Å². The maximum absolute atomic E-state index is 13.5. The molecule has 10 amide bonds. The van der Waals surface area contributed by atoms with E-state index in [1.165, 1.54) is 118 Å². The van der Waals surface area contributed by atoms with Gasteiger partial charge in [-0.2, -0.15) is 0 Å². The number of hydrogen-bond donors (Lipinski definition) is 11. The van der Waals surface area contributed by atoms with Crippen LogP contribution in [0, 0.1) is 0 Å². The van der Waals surface area contributed by atoms with Crippen molar-refractivity contribution in [1.82, 2.24) is 67.4 Å². The molecule has 37 heteroatoms. The van der Waals surface area contributed by atoms with Crippen LogP contribution in [0.5, 0.6) is 5.75 Å². The summed E-state index contributed by atoms with van der Waals surface area (Å²) in [6.07, 6.45) is 14.1. The van der Waals surface area contributed by atoms with E-state index in [2.05, 4.69) is 77.5 Å². The van der Waals surface area contributed by atoms with Crippen LogP contribution in [0.3, 0.4) is 0 Å². The smallest absolute Gasteiger partial charge is 0.693 e. The molecular formula is C55H69ClN24O11Pt-3. The van der Waals surface area contributed by atoms with Crippen LogP contribution in [0.4, 0.5) is 40.1 Å². The molecule has 8 heterocycles. The standard InChI is InChI=1S/C55H65N22O11.ClH.2H2N.Pt/c1-70-18-17-58-45(70)53(86)69-40-29-77(8)47(68-40)55(88)65-34-27-75(6)43(44(34)80)52(85)63-32-20-35(72(3)25-32)48(81)59-14-9-11-42(79)66-39-28-76(7)46(67-39)54(87)64-33-22-38(74(5)26-33)51(84)62-31-21-37(73(4)24-31)50(83)61-30-19-36(71(2)23-30)49(82)60-16-12-41(78)57-15-10-13-56;;;;/h17-29,56,80H,9-16H2,1-8H3,(H,57,78)(H,59,81)(H,60,82)(H,61,83)(H,62,84)(H,63,85)(H,64,87)(H,65,88)(H,66,79)(H,69,86);1H;2*1H2;/q-1;;2*-1;+1/p-1. The molecule has 0 bridgehead atoms. The monoisotopic (exact) mass is 1470 g/mol. The Bertz CT molecular complexity index is 4050. The number of anilines is 7. The normalized spacial score (nSPS) is 10.6. The van der Waals surface area contributed by atoms with Gasteiger partial charge in [-0.15, -0.1) is 6.54 Å². The van der Waals surface area contributed by atoms with Gasteiger partial charge in [0.25, 0.3) is 47.3 Å². The Hall–Kier alpha value is -10.6. The van der Waals surface area contributed by atoms with Gasteiger partial charge in [0.1, 0.15) is 28.5 Å². The van der Waals surface area contributed by atoms with Crippen LogP contribution in [0.15, 0.2) is 80.0 Å². The summed E-state index contributed by atoms with van der Waals surface area (Å²) < 4.78 is 11.6. The Balaban J connectivity index is 0.00000380. The predicted molar refractivity (Wildman–Crippen MR) is 336 cm³/mol. The molecule has 0 atom stereocenters. The minimum absolute atomic E-state index is 0. The Morgan fingerprint density at radius 3 is 1.35 bits per heavy atom. The molecule has 35 nitrogen and oxygen atoms in total. The van der Waals surface area contributed by atoms with Crippen molar-refractivity contribution in [3.8, 4) is 5.75 Å². The molecule has 8 rings (SSSR count). The zero-order chi connectivity index (χ0) is 65.7. The quantitative estimate of drug-likeness (QED) is 0.0344. The summed E-state index contributed by atoms with van der Waals surface area (Å²) in [6, 6.07) is 5.82. The third-order valence-corrected chi connectivity index (χ3v) is 13.5. The second-order valence-electron chi connectivity index (χ2n) is 20.3. The van der Waals surface area contributed by atoms with E-state index in [0.29, 0.717) is 24.3 Å². The number of rotatable bonds is 25. The number of aryl methyl sites for hydroxylation is 8. The number of nitrogens with zero attached hydrogens (tertiary/aromatic N) is 11. The van der Waals surface area contributed by atoms with Crippen molar-refractivity contribution < 1.29 is 71.8 Å². The molecule has 0 aliphatic rings. The zero-order valence-electron chi connectivity index (χ0n) is 51.0. The number of aromatic hydroxyl groups is 1. The van der Waals surface area contributed by atoms with Crippen molar-refractivity contribution in [2.75, 3.05) is 63.4 Å². The van der Waals surface area contributed by atoms with Gasteiger partial charge in [0.15, 0.2) is 28.9 Å². The second-order valence-corrected chi connectivity index (χ2v) is 20.3. The summed E-state index contributed by atoms with van der Waals surface area (Å²) in [5, 5.41) is 37.8. The fraction of sp³-hybridized carbons (Fsp3) is 0.291. The van der Waals surface area contributed by atoms with Crippen LogP contribution < -0.4 is 53.2 Å². The first kappa shape index (κ1) is 72.1. The number of nitrogens with two attached hydrogens (primary N) is 2. The van der Waals surface area contributed by atoms with Gasteiger partial charge < -0.3 is 113 Å². The van der Waals surface area contributed by atoms with E-state index in [9.17, 15) is 53.1 Å². The number of carbonyl (C=O) groups excluding carboxylic acids is 10. The molecule has 0 aromatic carbocycles. The van der Waals surface area contributed by atoms with Crippen molar-refractivity contribution in [1.29, 1.82) is 0 Å². The molecule has 92 heavy (non-hydrogen) atoms. The summed E-state index contributed by atoms with van der Waals surface area (Å²) >= 11 is 1.61. The molecule has 0 fully saturated rings. The Kier molecular flexibility index (Phi) is 25.3. The molecule has 0 aliphatic heterocycles. The van der Waals surface area contributed by atoms with Gasteiger partial charge >= 0.3 is 28.2 Å². The Labute approximate surface area is 540 Å². The predicted octanol–water partition coefficient (Wildman–Crippen LogP) is 4.75. The number of nitrogens with one attached hydrogen (secondary N) is 11. The van der Waals surface area contributed by atoms with Gasteiger partial charge in [-0.1, -0.05) is 6.42 Å². The van der Waals surface area contributed by atoms with Gasteiger partial charge in [-0.25, -0.2) is 15.0 Å². The Morgan fingerprint density at radius 1 is 0.446 bits per heavy atom. The third-order valence-electron chi connectivity index (χ3n) is 13.5. The molecule has 0 spiro atoms. The van der Waals surface area contributed by atoms with E-state index in [0.717, 1.165) is 0 Å². The summed E-state index contributed by atoms with van der Waals surface area (Å²) in [7, 11) is 17.3. The van der Waals surface area contributed by atoms with Gasteiger partial charge in [0.2, 0.25) is 23.5 Å². The van der Waals surface area contributed by atoms with Crippen LogP contribution in [0.2, 0.25) is 0 Å². The molecule has 0 saturated carbocycles. The molecule has 8 aromatic heterocycles.